The van der Waals surface area contributed by atoms with Crippen molar-refractivity contribution in [2.45, 2.75) is 39.7 Å². The second-order valence-electron chi connectivity index (χ2n) is 11.5. The lowest BCUT2D eigenvalue weighted by molar-refractivity contribution is 0.834. The summed E-state index contributed by atoms with van der Waals surface area (Å²) in [6.45, 7) is 0. The maximum Gasteiger partial charge on any atom is 0.101 e. The first-order valence-electron chi connectivity index (χ1n) is 15.2. The first-order valence-corrected chi connectivity index (χ1v) is 23.8. The molecule has 0 bridgehead atoms. The first-order chi connectivity index (χ1) is 23.5. The van der Waals surface area contributed by atoms with Gasteiger partial charge < -0.3 is 18.3 Å². The van der Waals surface area contributed by atoms with Gasteiger partial charge in [0.25, 0.3) is 0 Å². The molecule has 0 saturated heterocycles. The maximum atomic E-state index is 2.33. The first kappa shape index (κ1) is 31.8. The number of benzene rings is 4. The third-order valence-electron chi connectivity index (χ3n) is 8.85. The molecule has 4 aromatic heterocycles. The Balaban J connectivity index is 0.000000131. The van der Waals surface area contributed by atoms with Crippen LogP contribution in [-0.2, 0) is 28.2 Å². The molecule has 0 saturated carbocycles. The minimum Gasteiger partial charge on any atom is -0.337 e. The SMILES string of the molecule is Cn1c2c(c3ccccc31)SSc1c(c3ccccc3n1C)SS2.Cn1c2c(c3ccccc31)SSc1c(n(C)c3ccccc13)SS2. The van der Waals surface area contributed by atoms with E-state index in [1.165, 1.54) is 83.3 Å². The molecule has 0 aliphatic carbocycles. The Morgan fingerprint density at radius 3 is 0.771 bits per heavy atom. The van der Waals surface area contributed by atoms with Crippen LogP contribution in [0.3, 0.4) is 0 Å². The van der Waals surface area contributed by atoms with Crippen LogP contribution in [0.25, 0.3) is 43.6 Å². The highest BCUT2D eigenvalue weighted by Gasteiger charge is 2.26. The van der Waals surface area contributed by atoms with Crippen LogP contribution in [0.15, 0.2) is 137 Å². The van der Waals surface area contributed by atoms with E-state index in [0.717, 1.165) is 0 Å². The van der Waals surface area contributed by atoms with Crippen molar-refractivity contribution in [3.8, 4) is 0 Å². The van der Waals surface area contributed by atoms with E-state index < -0.39 is 0 Å². The topological polar surface area (TPSA) is 19.7 Å². The number of aromatic nitrogens is 4. The summed E-state index contributed by atoms with van der Waals surface area (Å²) in [7, 11) is 23.7. The summed E-state index contributed by atoms with van der Waals surface area (Å²) in [4.78, 5) is 5.53. The summed E-state index contributed by atoms with van der Waals surface area (Å²) in [6.07, 6.45) is 0. The highest BCUT2D eigenvalue weighted by Crippen LogP contribution is 2.59. The Kier molecular flexibility index (Phi) is 8.52. The van der Waals surface area contributed by atoms with Crippen molar-refractivity contribution in [1.29, 1.82) is 0 Å². The lowest BCUT2D eigenvalue weighted by Crippen LogP contribution is -1.91. The molecule has 4 nitrogen and oxygen atoms in total. The summed E-state index contributed by atoms with van der Waals surface area (Å²) in [6, 6.07) is 34.8. The number of nitrogens with zero attached hydrogens (tertiary/aromatic N) is 4. The largest absolute Gasteiger partial charge is 0.337 e. The molecule has 6 heterocycles. The van der Waals surface area contributed by atoms with Gasteiger partial charge in [0.15, 0.2) is 0 Å². The highest BCUT2D eigenvalue weighted by atomic mass is 33.1. The van der Waals surface area contributed by atoms with Crippen LogP contribution in [0.1, 0.15) is 0 Å². The molecule has 240 valence electrons. The Morgan fingerprint density at radius 1 is 0.292 bits per heavy atom. The van der Waals surface area contributed by atoms with E-state index in [4.69, 9.17) is 0 Å². The molecule has 8 aromatic rings. The van der Waals surface area contributed by atoms with Gasteiger partial charge in [-0.25, -0.2) is 0 Å². The van der Waals surface area contributed by atoms with Crippen molar-refractivity contribution in [1.82, 2.24) is 18.3 Å². The molecule has 4 aromatic carbocycles. The molecule has 0 amide bonds. The molecule has 0 unspecified atom stereocenters. The molecular weight excluding hydrogens is 745 g/mol. The third-order valence-corrected chi connectivity index (χ3v) is 19.5. The molecular formula is C36H28N4S8. The van der Waals surface area contributed by atoms with Crippen LogP contribution in [0, 0.1) is 0 Å². The van der Waals surface area contributed by atoms with Gasteiger partial charge in [-0.1, -0.05) is 72.8 Å². The molecule has 2 aliphatic heterocycles. The molecule has 0 N–H and O–H groups in total. The Bertz CT molecular complexity index is 2350. The van der Waals surface area contributed by atoms with Gasteiger partial charge in [0.1, 0.15) is 20.1 Å². The van der Waals surface area contributed by atoms with Crippen molar-refractivity contribution < 1.29 is 0 Å². The maximum absolute atomic E-state index is 2.33. The Hall–Kier alpha value is -2.16. The average Bonchev–Trinajstić information content (AvgIpc) is 3.72. The minimum atomic E-state index is 1.31. The van der Waals surface area contributed by atoms with Gasteiger partial charge in [-0.05, 0) is 111 Å². The number of rotatable bonds is 0. The van der Waals surface area contributed by atoms with Crippen LogP contribution in [0.2, 0.25) is 0 Å². The molecule has 0 atom stereocenters. The molecule has 0 spiro atoms. The average molecular weight is 773 g/mol. The van der Waals surface area contributed by atoms with Gasteiger partial charge in [0, 0.05) is 71.8 Å². The Labute approximate surface area is 310 Å². The predicted octanol–water partition coefficient (Wildman–Crippen LogP) is 13.2. The highest BCUT2D eigenvalue weighted by molar-refractivity contribution is 8.79. The number of hydrogen-bond donors (Lipinski definition) is 0. The van der Waals surface area contributed by atoms with Crippen LogP contribution in [0.4, 0.5) is 0 Å². The summed E-state index contributed by atoms with van der Waals surface area (Å²) in [5, 5.41) is 10.8. The third kappa shape index (κ3) is 5.08. The summed E-state index contributed by atoms with van der Waals surface area (Å²) in [5.41, 5.74) is 5.22. The standard InChI is InChI=1S/2C18H14N2S4/c1-19-13-9-5-3-7-11(13)15-17(19)23-22-16-12-8-4-6-10-14(12)20(2)18(16)24-21-15;1-19-13-9-5-3-7-11(13)15-17(19)23-24-18-16(22-21-15)12-8-4-6-10-14(12)20(18)2/h2*3-10H,1-2H3. The number of hydrogen-bond acceptors (Lipinski definition) is 8. The smallest absolute Gasteiger partial charge is 0.101 e. The van der Waals surface area contributed by atoms with Crippen LogP contribution < -0.4 is 0 Å². The van der Waals surface area contributed by atoms with Crippen molar-refractivity contribution >= 4 is 130 Å². The van der Waals surface area contributed by atoms with Gasteiger partial charge in [-0.15, -0.1) is 0 Å². The molecule has 0 fully saturated rings. The van der Waals surface area contributed by atoms with Gasteiger partial charge in [-0.2, -0.15) is 0 Å². The van der Waals surface area contributed by atoms with Crippen LogP contribution in [0.5, 0.6) is 0 Å². The molecule has 2 aliphatic rings. The molecule has 48 heavy (non-hydrogen) atoms. The fourth-order valence-electron chi connectivity index (χ4n) is 6.36. The Morgan fingerprint density at radius 2 is 0.500 bits per heavy atom. The van der Waals surface area contributed by atoms with E-state index in [-0.39, 0.29) is 0 Å². The van der Waals surface area contributed by atoms with Gasteiger partial charge in [0.05, 0.1) is 19.6 Å². The van der Waals surface area contributed by atoms with Crippen molar-refractivity contribution in [3.63, 3.8) is 0 Å². The van der Waals surface area contributed by atoms with Crippen molar-refractivity contribution in [2.24, 2.45) is 28.2 Å². The van der Waals surface area contributed by atoms with Crippen molar-refractivity contribution in [3.05, 3.63) is 97.1 Å². The monoisotopic (exact) mass is 772 g/mol. The predicted molar refractivity (Wildman–Crippen MR) is 219 cm³/mol. The van der Waals surface area contributed by atoms with E-state index in [1.54, 1.807) is 0 Å². The zero-order chi connectivity index (χ0) is 32.5. The normalized spacial score (nSPS) is 14.4. The van der Waals surface area contributed by atoms with Gasteiger partial charge in [0.2, 0.25) is 0 Å². The zero-order valence-electron chi connectivity index (χ0n) is 26.3. The summed E-state index contributed by atoms with van der Waals surface area (Å²) in [5.74, 6) is 0. The fourth-order valence-corrected chi connectivity index (χ4v) is 19.1. The molecule has 12 heteroatoms. The zero-order valence-corrected chi connectivity index (χ0v) is 32.8. The lowest BCUT2D eigenvalue weighted by Gasteiger charge is -2.12. The van der Waals surface area contributed by atoms with E-state index in [0.29, 0.717) is 0 Å². The van der Waals surface area contributed by atoms with Crippen molar-refractivity contribution in [2.75, 3.05) is 0 Å². The van der Waals surface area contributed by atoms with E-state index in [9.17, 15) is 0 Å². The lowest BCUT2D eigenvalue weighted by atomic mass is 10.2. The van der Waals surface area contributed by atoms with Crippen LogP contribution in [-0.4, -0.2) is 18.3 Å². The van der Waals surface area contributed by atoms with Gasteiger partial charge in [-0.3, -0.25) is 0 Å². The molecule has 0 radical (unpaired) electrons. The van der Waals surface area contributed by atoms with E-state index >= 15 is 0 Å². The molecule has 10 rings (SSSR count). The van der Waals surface area contributed by atoms with E-state index in [1.807, 2.05) is 86.4 Å². The number of para-hydroxylation sites is 4. The minimum absolute atomic E-state index is 1.31. The van der Waals surface area contributed by atoms with E-state index in [2.05, 4.69) is 144 Å². The van der Waals surface area contributed by atoms with Crippen LogP contribution >= 0.6 is 86.4 Å². The summed E-state index contributed by atoms with van der Waals surface area (Å²) >= 11 is 0. The number of aryl methyl sites for hydroxylation is 4. The number of fused-ring (bicyclic) bond motifs is 12. The fraction of sp³-hybridized carbons (Fsp3) is 0.111. The quantitative estimate of drug-likeness (QED) is 0.140. The second-order valence-corrected chi connectivity index (χ2v) is 20.0. The summed E-state index contributed by atoms with van der Waals surface area (Å²) < 4.78 is 9.30. The second kappa shape index (κ2) is 12.9. The van der Waals surface area contributed by atoms with Gasteiger partial charge >= 0.3 is 0 Å².